The highest BCUT2D eigenvalue weighted by Crippen LogP contribution is 2.35. The van der Waals surface area contributed by atoms with Gasteiger partial charge < -0.3 is 14.8 Å². The summed E-state index contributed by atoms with van der Waals surface area (Å²) in [6, 6.07) is 24.3. The first kappa shape index (κ1) is 21.2. The van der Waals surface area contributed by atoms with Gasteiger partial charge in [-0.05, 0) is 29.7 Å². The van der Waals surface area contributed by atoms with Crippen LogP contribution in [0.2, 0.25) is 0 Å². The molecule has 6 heteroatoms. The molecule has 4 rings (SSSR count). The Kier molecular flexibility index (Phi) is 6.22. The van der Waals surface area contributed by atoms with Gasteiger partial charge in [-0.2, -0.15) is 0 Å². The van der Waals surface area contributed by atoms with Gasteiger partial charge in [0.25, 0.3) is 11.8 Å². The Hall–Kier alpha value is -4.06. The van der Waals surface area contributed by atoms with Gasteiger partial charge in [0.05, 0.1) is 25.5 Å². The van der Waals surface area contributed by atoms with E-state index in [0.717, 1.165) is 5.56 Å². The molecule has 0 fully saturated rings. The highest BCUT2D eigenvalue weighted by molar-refractivity contribution is 6.36. The zero-order chi connectivity index (χ0) is 22.5. The molecule has 3 aromatic carbocycles. The molecule has 0 saturated heterocycles. The Balaban J connectivity index is 1.70. The second kappa shape index (κ2) is 9.39. The largest absolute Gasteiger partial charge is 0.497 e. The monoisotopic (exact) mass is 428 g/mol. The molecule has 1 heterocycles. The fourth-order valence-electron chi connectivity index (χ4n) is 3.70. The molecule has 2 amide bonds. The molecule has 1 aliphatic rings. The second-order valence-corrected chi connectivity index (χ2v) is 7.30. The summed E-state index contributed by atoms with van der Waals surface area (Å²) >= 11 is 0. The molecule has 0 unspecified atom stereocenters. The lowest BCUT2D eigenvalue weighted by Crippen LogP contribution is -2.34. The van der Waals surface area contributed by atoms with Crippen molar-refractivity contribution in [2.24, 2.45) is 0 Å². The first-order valence-electron chi connectivity index (χ1n) is 10.3. The fraction of sp³-hybridized carbons (Fsp3) is 0.154. The molecule has 0 aliphatic carbocycles. The van der Waals surface area contributed by atoms with Crippen LogP contribution in [0.3, 0.4) is 0 Å². The second-order valence-electron chi connectivity index (χ2n) is 7.30. The van der Waals surface area contributed by atoms with Gasteiger partial charge >= 0.3 is 0 Å². The lowest BCUT2D eigenvalue weighted by Gasteiger charge is -2.16. The molecule has 6 nitrogen and oxygen atoms in total. The van der Waals surface area contributed by atoms with Crippen LogP contribution < -0.4 is 14.8 Å². The topological polar surface area (TPSA) is 67.9 Å². The molecule has 0 spiro atoms. The summed E-state index contributed by atoms with van der Waals surface area (Å²) in [6.07, 6.45) is 0.580. The van der Waals surface area contributed by atoms with E-state index in [1.54, 1.807) is 32.4 Å². The molecule has 32 heavy (non-hydrogen) atoms. The number of nitrogens with one attached hydrogen (secondary N) is 1. The average Bonchev–Trinajstić information content (AvgIpc) is 3.07. The van der Waals surface area contributed by atoms with E-state index in [4.69, 9.17) is 9.47 Å². The van der Waals surface area contributed by atoms with E-state index < -0.39 is 0 Å². The third-order valence-corrected chi connectivity index (χ3v) is 5.36. The number of imide groups is 1. The maximum absolute atomic E-state index is 13.4. The van der Waals surface area contributed by atoms with Crippen LogP contribution >= 0.6 is 0 Å². The van der Waals surface area contributed by atoms with Crippen molar-refractivity contribution in [3.8, 4) is 11.5 Å². The van der Waals surface area contributed by atoms with Crippen LogP contribution in [-0.2, 0) is 16.0 Å². The minimum Gasteiger partial charge on any atom is -0.497 e. The van der Waals surface area contributed by atoms with Gasteiger partial charge in [0.1, 0.15) is 17.2 Å². The van der Waals surface area contributed by atoms with E-state index in [-0.39, 0.29) is 17.5 Å². The number of carbonyl (C=O) groups is 2. The van der Waals surface area contributed by atoms with Crippen molar-refractivity contribution in [3.05, 3.63) is 95.7 Å². The van der Waals surface area contributed by atoms with Crippen LogP contribution in [0, 0.1) is 0 Å². The van der Waals surface area contributed by atoms with Crippen molar-refractivity contribution in [2.75, 3.05) is 26.1 Å². The number of amides is 2. The first-order chi connectivity index (χ1) is 15.6. The maximum Gasteiger partial charge on any atom is 0.278 e. The maximum atomic E-state index is 13.4. The highest BCUT2D eigenvalue weighted by Gasteiger charge is 2.39. The lowest BCUT2D eigenvalue weighted by atomic mass is 10.0. The fourth-order valence-corrected chi connectivity index (χ4v) is 3.70. The number of ether oxygens (including phenoxy) is 2. The quantitative estimate of drug-likeness (QED) is 0.546. The van der Waals surface area contributed by atoms with E-state index in [2.05, 4.69) is 5.32 Å². The number of rotatable bonds is 8. The van der Waals surface area contributed by atoms with Gasteiger partial charge in [0.15, 0.2) is 0 Å². The molecule has 0 aromatic heterocycles. The summed E-state index contributed by atoms with van der Waals surface area (Å²) in [5.41, 5.74) is 2.85. The smallest absolute Gasteiger partial charge is 0.278 e. The Morgan fingerprint density at radius 1 is 0.812 bits per heavy atom. The van der Waals surface area contributed by atoms with Gasteiger partial charge in [-0.25, -0.2) is 0 Å². The van der Waals surface area contributed by atoms with E-state index in [9.17, 15) is 9.59 Å². The molecular formula is C26H24N2O4. The number of nitrogens with zero attached hydrogens (tertiary/aromatic N) is 1. The molecule has 0 bridgehead atoms. The number of methoxy groups -OCH3 is 2. The van der Waals surface area contributed by atoms with Crippen LogP contribution in [0.5, 0.6) is 11.5 Å². The lowest BCUT2D eigenvalue weighted by molar-refractivity contribution is -0.136. The van der Waals surface area contributed by atoms with Gasteiger partial charge in [-0.3, -0.25) is 14.5 Å². The van der Waals surface area contributed by atoms with E-state index in [1.807, 2.05) is 60.7 Å². The summed E-state index contributed by atoms with van der Waals surface area (Å²) in [6.45, 7) is 0.290. The molecular weight excluding hydrogens is 404 g/mol. The zero-order valence-corrected chi connectivity index (χ0v) is 18.0. The third-order valence-electron chi connectivity index (χ3n) is 5.36. The Morgan fingerprint density at radius 3 is 2.16 bits per heavy atom. The van der Waals surface area contributed by atoms with Crippen molar-refractivity contribution < 1.29 is 19.1 Å². The van der Waals surface area contributed by atoms with E-state index in [0.29, 0.717) is 41.3 Å². The predicted octanol–water partition coefficient (Wildman–Crippen LogP) is 4.14. The van der Waals surface area contributed by atoms with Crippen molar-refractivity contribution in [1.82, 2.24) is 4.90 Å². The summed E-state index contributed by atoms with van der Waals surface area (Å²) in [5, 5.41) is 3.15. The van der Waals surface area contributed by atoms with Crippen LogP contribution in [0.1, 0.15) is 11.1 Å². The summed E-state index contributed by atoms with van der Waals surface area (Å²) in [7, 11) is 3.11. The predicted molar refractivity (Wildman–Crippen MR) is 123 cm³/mol. The summed E-state index contributed by atoms with van der Waals surface area (Å²) in [5.74, 6) is 0.456. The van der Waals surface area contributed by atoms with Gasteiger partial charge in [-0.15, -0.1) is 0 Å². The van der Waals surface area contributed by atoms with Crippen LogP contribution in [-0.4, -0.2) is 37.5 Å². The standard InChI is InChI=1S/C26H24N2O4/c1-31-20-13-14-22(32-2)21(17-20)27-24-23(19-11-7-4-8-12-19)25(29)28(26(24)30)16-15-18-9-5-3-6-10-18/h3-14,17,27H,15-16H2,1-2H3. The Morgan fingerprint density at radius 2 is 1.50 bits per heavy atom. The highest BCUT2D eigenvalue weighted by atomic mass is 16.5. The van der Waals surface area contributed by atoms with Crippen molar-refractivity contribution in [1.29, 1.82) is 0 Å². The number of hydrogen-bond acceptors (Lipinski definition) is 5. The normalized spacial score (nSPS) is 13.5. The molecule has 3 aromatic rings. The van der Waals surface area contributed by atoms with Gasteiger partial charge in [-0.1, -0.05) is 60.7 Å². The average molecular weight is 428 g/mol. The first-order valence-corrected chi connectivity index (χ1v) is 10.3. The summed E-state index contributed by atoms with van der Waals surface area (Å²) < 4.78 is 10.8. The zero-order valence-electron chi connectivity index (χ0n) is 18.0. The van der Waals surface area contributed by atoms with E-state index in [1.165, 1.54) is 4.90 Å². The summed E-state index contributed by atoms with van der Waals surface area (Å²) in [4.78, 5) is 28.1. The number of hydrogen-bond donors (Lipinski definition) is 1. The van der Waals surface area contributed by atoms with Crippen molar-refractivity contribution in [3.63, 3.8) is 0 Å². The number of benzene rings is 3. The molecule has 1 N–H and O–H groups in total. The van der Waals surface area contributed by atoms with Crippen LogP contribution in [0.25, 0.3) is 5.57 Å². The number of anilines is 1. The van der Waals surface area contributed by atoms with Gasteiger partial charge in [0, 0.05) is 12.6 Å². The van der Waals surface area contributed by atoms with Crippen molar-refractivity contribution >= 4 is 23.1 Å². The Bertz CT molecular complexity index is 1160. The molecule has 0 radical (unpaired) electrons. The molecule has 162 valence electrons. The van der Waals surface area contributed by atoms with Crippen LogP contribution in [0.15, 0.2) is 84.6 Å². The van der Waals surface area contributed by atoms with Crippen molar-refractivity contribution in [2.45, 2.75) is 6.42 Å². The van der Waals surface area contributed by atoms with E-state index >= 15 is 0 Å². The van der Waals surface area contributed by atoms with Gasteiger partial charge in [0.2, 0.25) is 0 Å². The molecule has 0 saturated carbocycles. The number of carbonyl (C=O) groups excluding carboxylic acids is 2. The molecule has 0 atom stereocenters. The third kappa shape index (κ3) is 4.21. The minimum atomic E-state index is -0.366. The van der Waals surface area contributed by atoms with Crippen LogP contribution in [0.4, 0.5) is 5.69 Å². The molecule has 1 aliphatic heterocycles. The Labute approximate surface area is 187 Å². The SMILES string of the molecule is COc1ccc(OC)c(NC2=C(c3ccccc3)C(=O)N(CCc3ccccc3)C2=O)c1. The minimum absolute atomic E-state index is 0.223.